The van der Waals surface area contributed by atoms with Crippen molar-refractivity contribution in [2.75, 3.05) is 11.9 Å². The minimum absolute atomic E-state index is 0.0664. The van der Waals surface area contributed by atoms with E-state index in [1.54, 1.807) is 12.3 Å². The smallest absolute Gasteiger partial charge is 0.252 e. The van der Waals surface area contributed by atoms with E-state index in [4.69, 9.17) is 0 Å². The number of benzene rings is 1. The van der Waals surface area contributed by atoms with E-state index in [1.165, 1.54) is 11.1 Å². The van der Waals surface area contributed by atoms with Gasteiger partial charge in [-0.05, 0) is 37.0 Å². The Morgan fingerprint density at radius 3 is 2.48 bits per heavy atom. The molecule has 2 N–H and O–H groups in total. The Bertz CT molecular complexity index is 618. The van der Waals surface area contributed by atoms with Crippen LogP contribution in [0, 0.1) is 12.8 Å². The standard InChI is InChI=1S/C19H25N3O/c1-14(2)10-11-20-19(23)17-8-9-18(22-13-17)21-12-16-6-4-15(3)5-7-16/h4-9,13-14H,10-12H2,1-3H3,(H,20,23)(H,21,22). The maximum atomic E-state index is 12.0. The van der Waals surface area contributed by atoms with Gasteiger partial charge in [0.25, 0.3) is 5.91 Å². The Balaban J connectivity index is 1.84. The van der Waals surface area contributed by atoms with Crippen LogP contribution < -0.4 is 10.6 Å². The van der Waals surface area contributed by atoms with Crippen LogP contribution in [0.2, 0.25) is 0 Å². The number of carbonyl (C=O) groups is 1. The lowest BCUT2D eigenvalue weighted by Crippen LogP contribution is -2.25. The van der Waals surface area contributed by atoms with Gasteiger partial charge in [0.1, 0.15) is 5.82 Å². The quantitative estimate of drug-likeness (QED) is 0.818. The molecule has 1 amide bonds. The van der Waals surface area contributed by atoms with Crippen molar-refractivity contribution < 1.29 is 4.79 Å². The number of hydrogen-bond acceptors (Lipinski definition) is 3. The first kappa shape index (κ1) is 17.0. The molecular weight excluding hydrogens is 286 g/mol. The van der Waals surface area contributed by atoms with Crippen LogP contribution in [0.1, 0.15) is 41.8 Å². The van der Waals surface area contributed by atoms with E-state index in [0.717, 1.165) is 12.2 Å². The van der Waals surface area contributed by atoms with Gasteiger partial charge in [-0.2, -0.15) is 0 Å². The average Bonchev–Trinajstić information content (AvgIpc) is 2.54. The van der Waals surface area contributed by atoms with Crippen molar-refractivity contribution in [2.45, 2.75) is 33.7 Å². The molecule has 0 saturated heterocycles. The maximum Gasteiger partial charge on any atom is 0.252 e. The van der Waals surface area contributed by atoms with Gasteiger partial charge < -0.3 is 10.6 Å². The number of nitrogens with zero attached hydrogens (tertiary/aromatic N) is 1. The lowest BCUT2D eigenvalue weighted by molar-refractivity contribution is 0.0951. The third-order valence-corrected chi connectivity index (χ3v) is 3.63. The summed E-state index contributed by atoms with van der Waals surface area (Å²) >= 11 is 0. The Hall–Kier alpha value is -2.36. The third-order valence-electron chi connectivity index (χ3n) is 3.63. The molecule has 1 aromatic heterocycles. The van der Waals surface area contributed by atoms with Crippen LogP contribution in [0.25, 0.3) is 0 Å². The Morgan fingerprint density at radius 1 is 1.13 bits per heavy atom. The molecule has 0 spiro atoms. The summed E-state index contributed by atoms with van der Waals surface area (Å²) in [6.45, 7) is 7.77. The highest BCUT2D eigenvalue weighted by Crippen LogP contribution is 2.09. The number of aryl methyl sites for hydroxylation is 1. The SMILES string of the molecule is Cc1ccc(CNc2ccc(C(=O)NCCC(C)C)cn2)cc1. The van der Waals surface area contributed by atoms with Crippen LogP contribution in [0.15, 0.2) is 42.6 Å². The number of hydrogen-bond donors (Lipinski definition) is 2. The summed E-state index contributed by atoms with van der Waals surface area (Å²) in [6, 6.07) is 12.0. The minimum atomic E-state index is -0.0664. The topological polar surface area (TPSA) is 54.0 Å². The monoisotopic (exact) mass is 311 g/mol. The number of rotatable bonds is 7. The van der Waals surface area contributed by atoms with Gasteiger partial charge in [0.2, 0.25) is 0 Å². The van der Waals surface area contributed by atoms with E-state index < -0.39 is 0 Å². The van der Waals surface area contributed by atoms with Gasteiger partial charge >= 0.3 is 0 Å². The Morgan fingerprint density at radius 2 is 1.87 bits per heavy atom. The van der Waals surface area contributed by atoms with Crippen molar-refractivity contribution in [2.24, 2.45) is 5.92 Å². The fourth-order valence-electron chi connectivity index (χ4n) is 2.11. The lowest BCUT2D eigenvalue weighted by atomic mass is 10.1. The maximum absolute atomic E-state index is 12.0. The second-order valence-electron chi connectivity index (χ2n) is 6.21. The molecule has 122 valence electrons. The summed E-state index contributed by atoms with van der Waals surface area (Å²) in [5, 5.41) is 6.18. The van der Waals surface area contributed by atoms with Gasteiger partial charge in [0.15, 0.2) is 0 Å². The highest BCUT2D eigenvalue weighted by Gasteiger charge is 2.06. The van der Waals surface area contributed by atoms with Gasteiger partial charge in [-0.15, -0.1) is 0 Å². The molecule has 0 fully saturated rings. The molecule has 0 bridgehead atoms. The van der Waals surface area contributed by atoms with Gasteiger partial charge in [0.05, 0.1) is 5.56 Å². The fourth-order valence-corrected chi connectivity index (χ4v) is 2.11. The third kappa shape index (κ3) is 5.74. The van der Waals surface area contributed by atoms with Gasteiger partial charge in [0, 0.05) is 19.3 Å². The van der Waals surface area contributed by atoms with Crippen LogP contribution in [0.4, 0.5) is 5.82 Å². The van der Waals surface area contributed by atoms with Gasteiger partial charge in [-0.3, -0.25) is 4.79 Å². The normalized spacial score (nSPS) is 10.6. The largest absolute Gasteiger partial charge is 0.366 e. The zero-order valence-corrected chi connectivity index (χ0v) is 14.1. The average molecular weight is 311 g/mol. The Kier molecular flexibility index (Phi) is 6.15. The summed E-state index contributed by atoms with van der Waals surface area (Å²) in [6.07, 6.45) is 2.59. The molecule has 0 aliphatic rings. The van der Waals surface area contributed by atoms with Crippen molar-refractivity contribution >= 4 is 11.7 Å². The van der Waals surface area contributed by atoms with E-state index in [1.807, 2.05) is 6.07 Å². The molecule has 0 aliphatic heterocycles. The minimum Gasteiger partial charge on any atom is -0.366 e. The summed E-state index contributed by atoms with van der Waals surface area (Å²) in [4.78, 5) is 16.3. The van der Waals surface area contributed by atoms with Crippen molar-refractivity contribution in [3.63, 3.8) is 0 Å². The zero-order chi connectivity index (χ0) is 16.7. The molecular formula is C19H25N3O. The molecule has 0 unspecified atom stereocenters. The van der Waals surface area contributed by atoms with E-state index in [9.17, 15) is 4.79 Å². The van der Waals surface area contributed by atoms with Crippen LogP contribution in [0.5, 0.6) is 0 Å². The highest BCUT2D eigenvalue weighted by atomic mass is 16.1. The zero-order valence-electron chi connectivity index (χ0n) is 14.1. The van der Waals surface area contributed by atoms with Crippen molar-refractivity contribution in [3.05, 3.63) is 59.3 Å². The summed E-state index contributed by atoms with van der Waals surface area (Å²) in [5.41, 5.74) is 3.04. The fraction of sp³-hybridized carbons (Fsp3) is 0.368. The molecule has 0 saturated carbocycles. The van der Waals surface area contributed by atoms with Crippen molar-refractivity contribution in [1.29, 1.82) is 0 Å². The van der Waals surface area contributed by atoms with Crippen molar-refractivity contribution in [3.8, 4) is 0 Å². The molecule has 2 aromatic rings. The van der Waals surface area contributed by atoms with E-state index in [-0.39, 0.29) is 5.91 Å². The van der Waals surface area contributed by atoms with E-state index in [0.29, 0.717) is 24.6 Å². The van der Waals surface area contributed by atoms with Gasteiger partial charge in [-0.1, -0.05) is 43.7 Å². The van der Waals surface area contributed by atoms with E-state index in [2.05, 4.69) is 60.7 Å². The van der Waals surface area contributed by atoms with Crippen molar-refractivity contribution in [1.82, 2.24) is 10.3 Å². The molecule has 23 heavy (non-hydrogen) atoms. The lowest BCUT2D eigenvalue weighted by Gasteiger charge is -2.09. The predicted molar refractivity (Wildman–Crippen MR) is 94.5 cm³/mol. The summed E-state index contributed by atoms with van der Waals surface area (Å²) in [7, 11) is 0. The molecule has 2 rings (SSSR count). The van der Waals surface area contributed by atoms with Crippen LogP contribution >= 0.6 is 0 Å². The summed E-state index contributed by atoms with van der Waals surface area (Å²) in [5.74, 6) is 1.29. The number of nitrogens with one attached hydrogen (secondary N) is 2. The molecule has 4 nitrogen and oxygen atoms in total. The number of aromatic nitrogens is 1. The number of carbonyl (C=O) groups excluding carboxylic acids is 1. The number of anilines is 1. The van der Waals surface area contributed by atoms with Crippen LogP contribution in [-0.4, -0.2) is 17.4 Å². The number of pyridine rings is 1. The second-order valence-corrected chi connectivity index (χ2v) is 6.21. The Labute approximate surface area is 138 Å². The molecule has 1 heterocycles. The highest BCUT2D eigenvalue weighted by molar-refractivity contribution is 5.94. The molecule has 0 aliphatic carbocycles. The second kappa shape index (κ2) is 8.32. The molecule has 4 heteroatoms. The first-order chi connectivity index (χ1) is 11.0. The van der Waals surface area contributed by atoms with Gasteiger partial charge in [-0.25, -0.2) is 4.98 Å². The number of amides is 1. The van der Waals surface area contributed by atoms with E-state index >= 15 is 0 Å². The summed E-state index contributed by atoms with van der Waals surface area (Å²) < 4.78 is 0. The first-order valence-corrected chi connectivity index (χ1v) is 8.08. The van der Waals surface area contributed by atoms with Crippen LogP contribution in [0.3, 0.4) is 0 Å². The molecule has 0 radical (unpaired) electrons. The molecule has 0 atom stereocenters. The first-order valence-electron chi connectivity index (χ1n) is 8.08. The molecule has 1 aromatic carbocycles. The van der Waals surface area contributed by atoms with Crippen LogP contribution in [-0.2, 0) is 6.54 Å². The predicted octanol–water partition coefficient (Wildman–Crippen LogP) is 3.78.